The number of esters is 1. The SMILES string of the molecule is CCOC(=O)c1c(C)[nH]c(C)c1S(=O)(=O)N(C)c1ccccc1CC. The molecular formula is C18H24N2O4S. The second-order valence-corrected chi connectivity index (χ2v) is 7.66. The molecule has 7 heteroatoms. The van der Waals surface area contributed by atoms with Gasteiger partial charge < -0.3 is 9.72 Å². The lowest BCUT2D eigenvalue weighted by Gasteiger charge is -2.22. The Balaban J connectivity index is 2.62. The summed E-state index contributed by atoms with van der Waals surface area (Å²) in [6.45, 7) is 7.14. The van der Waals surface area contributed by atoms with Gasteiger partial charge in [-0.05, 0) is 38.8 Å². The maximum absolute atomic E-state index is 13.3. The van der Waals surface area contributed by atoms with E-state index in [0.717, 1.165) is 5.56 Å². The van der Waals surface area contributed by atoms with Crippen molar-refractivity contribution in [3.8, 4) is 0 Å². The van der Waals surface area contributed by atoms with Crippen LogP contribution in [0.4, 0.5) is 5.69 Å². The molecule has 0 bridgehead atoms. The van der Waals surface area contributed by atoms with E-state index in [-0.39, 0.29) is 17.1 Å². The Bertz CT molecular complexity index is 884. The van der Waals surface area contributed by atoms with E-state index in [1.54, 1.807) is 32.9 Å². The third-order valence-electron chi connectivity index (χ3n) is 4.13. The Kier molecular flexibility index (Phi) is 5.57. The third kappa shape index (κ3) is 3.42. The summed E-state index contributed by atoms with van der Waals surface area (Å²) in [5, 5.41) is 0. The smallest absolute Gasteiger partial charge is 0.341 e. The molecule has 0 amide bonds. The first-order valence-electron chi connectivity index (χ1n) is 8.18. The summed E-state index contributed by atoms with van der Waals surface area (Å²) in [7, 11) is -2.43. The number of carbonyl (C=O) groups is 1. The van der Waals surface area contributed by atoms with Gasteiger partial charge in [-0.25, -0.2) is 13.2 Å². The van der Waals surface area contributed by atoms with Gasteiger partial charge in [0.15, 0.2) is 0 Å². The average molecular weight is 364 g/mol. The average Bonchev–Trinajstić information content (AvgIpc) is 2.89. The number of nitrogens with zero attached hydrogens (tertiary/aromatic N) is 1. The van der Waals surface area contributed by atoms with E-state index >= 15 is 0 Å². The number of hydrogen-bond acceptors (Lipinski definition) is 4. The van der Waals surface area contributed by atoms with Gasteiger partial charge in [-0.3, -0.25) is 4.31 Å². The molecule has 0 radical (unpaired) electrons. The van der Waals surface area contributed by atoms with Gasteiger partial charge in [0.1, 0.15) is 10.5 Å². The van der Waals surface area contributed by atoms with E-state index in [4.69, 9.17) is 4.74 Å². The Hall–Kier alpha value is -2.28. The monoisotopic (exact) mass is 364 g/mol. The fourth-order valence-corrected chi connectivity index (χ4v) is 4.56. The molecule has 0 saturated carbocycles. The van der Waals surface area contributed by atoms with Crippen molar-refractivity contribution < 1.29 is 17.9 Å². The topological polar surface area (TPSA) is 79.5 Å². The third-order valence-corrected chi connectivity index (χ3v) is 6.07. The number of rotatable bonds is 6. The minimum Gasteiger partial charge on any atom is -0.462 e. The van der Waals surface area contributed by atoms with Crippen molar-refractivity contribution in [2.24, 2.45) is 0 Å². The Labute approximate surface area is 148 Å². The molecule has 0 atom stereocenters. The lowest BCUT2D eigenvalue weighted by molar-refractivity contribution is 0.0521. The van der Waals surface area contributed by atoms with Crippen LogP contribution in [0.3, 0.4) is 0 Å². The van der Waals surface area contributed by atoms with Crippen molar-refractivity contribution in [3.63, 3.8) is 0 Å². The number of hydrogen-bond donors (Lipinski definition) is 1. The van der Waals surface area contributed by atoms with E-state index in [9.17, 15) is 13.2 Å². The zero-order valence-electron chi connectivity index (χ0n) is 15.2. The first kappa shape index (κ1) is 19.1. The number of anilines is 1. The van der Waals surface area contributed by atoms with Crippen molar-refractivity contribution in [3.05, 3.63) is 46.8 Å². The summed E-state index contributed by atoms with van der Waals surface area (Å²) in [6.07, 6.45) is 0.700. The summed E-state index contributed by atoms with van der Waals surface area (Å²) in [4.78, 5) is 15.2. The van der Waals surface area contributed by atoms with Gasteiger partial charge in [0.25, 0.3) is 10.0 Å². The van der Waals surface area contributed by atoms with Gasteiger partial charge in [0.2, 0.25) is 0 Å². The van der Waals surface area contributed by atoms with E-state index in [1.165, 1.54) is 11.4 Å². The summed E-state index contributed by atoms with van der Waals surface area (Å²) in [5.74, 6) is -0.639. The Morgan fingerprint density at radius 3 is 2.40 bits per heavy atom. The fourth-order valence-electron chi connectivity index (χ4n) is 2.91. The minimum absolute atomic E-state index is 0.0307. The lowest BCUT2D eigenvalue weighted by atomic mass is 10.1. The molecule has 2 aromatic rings. The number of aromatic nitrogens is 1. The highest BCUT2D eigenvalue weighted by atomic mass is 32.2. The van der Waals surface area contributed by atoms with Crippen molar-refractivity contribution >= 4 is 21.7 Å². The van der Waals surface area contributed by atoms with Gasteiger partial charge in [0.05, 0.1) is 12.3 Å². The molecule has 2 rings (SSSR count). The molecule has 0 spiro atoms. The molecule has 25 heavy (non-hydrogen) atoms. The second kappa shape index (κ2) is 7.31. The normalized spacial score (nSPS) is 11.4. The molecule has 0 fully saturated rings. The van der Waals surface area contributed by atoms with E-state index in [1.807, 2.05) is 19.1 Å². The standard InChI is InChI=1S/C18H24N2O4S/c1-6-14-10-8-9-11-15(14)20(5)25(22,23)17-13(4)19-12(3)16(17)18(21)24-7-2/h8-11,19H,6-7H2,1-5H3. The van der Waals surface area contributed by atoms with Crippen LogP contribution >= 0.6 is 0 Å². The predicted molar refractivity (Wildman–Crippen MR) is 97.6 cm³/mol. The van der Waals surface area contributed by atoms with E-state index in [0.29, 0.717) is 23.5 Å². The number of benzene rings is 1. The van der Waals surface area contributed by atoms with Crippen LogP contribution in [-0.2, 0) is 21.2 Å². The van der Waals surface area contributed by atoms with E-state index < -0.39 is 16.0 Å². The lowest BCUT2D eigenvalue weighted by Crippen LogP contribution is -2.29. The first-order chi connectivity index (χ1) is 11.8. The molecule has 1 aromatic carbocycles. The number of para-hydroxylation sites is 1. The summed E-state index contributed by atoms with van der Waals surface area (Å²) in [6, 6.07) is 7.32. The molecule has 0 aliphatic rings. The number of nitrogens with one attached hydrogen (secondary N) is 1. The highest BCUT2D eigenvalue weighted by Gasteiger charge is 2.33. The molecule has 0 saturated heterocycles. The van der Waals surface area contributed by atoms with Gasteiger partial charge in [-0.15, -0.1) is 0 Å². The zero-order valence-corrected chi connectivity index (χ0v) is 16.0. The zero-order chi connectivity index (χ0) is 18.8. The fraction of sp³-hybridized carbons (Fsp3) is 0.389. The number of carbonyl (C=O) groups excluding carboxylic acids is 1. The first-order valence-corrected chi connectivity index (χ1v) is 9.62. The molecule has 6 nitrogen and oxygen atoms in total. The number of aromatic amines is 1. The van der Waals surface area contributed by atoms with Crippen molar-refractivity contribution in [2.75, 3.05) is 18.0 Å². The van der Waals surface area contributed by atoms with Crippen molar-refractivity contribution in [1.82, 2.24) is 4.98 Å². The number of ether oxygens (including phenoxy) is 1. The molecule has 0 aliphatic heterocycles. The van der Waals surface area contributed by atoms with Crippen LogP contribution in [0.1, 0.15) is 41.2 Å². The summed E-state index contributed by atoms with van der Waals surface area (Å²) >= 11 is 0. The maximum atomic E-state index is 13.3. The molecule has 1 heterocycles. The van der Waals surface area contributed by atoms with Crippen LogP contribution in [0.5, 0.6) is 0 Å². The van der Waals surface area contributed by atoms with Gasteiger partial charge in [-0.1, -0.05) is 25.1 Å². The maximum Gasteiger partial charge on any atom is 0.341 e. The molecule has 0 unspecified atom stereocenters. The van der Waals surface area contributed by atoms with Crippen molar-refractivity contribution in [1.29, 1.82) is 0 Å². The highest BCUT2D eigenvalue weighted by molar-refractivity contribution is 7.93. The van der Waals surface area contributed by atoms with Gasteiger partial charge in [-0.2, -0.15) is 0 Å². The summed E-state index contributed by atoms with van der Waals surface area (Å²) in [5.41, 5.74) is 2.47. The number of sulfonamides is 1. The van der Waals surface area contributed by atoms with Gasteiger partial charge in [0, 0.05) is 18.4 Å². The minimum atomic E-state index is -3.93. The quantitative estimate of drug-likeness (QED) is 0.798. The van der Waals surface area contributed by atoms with Gasteiger partial charge >= 0.3 is 5.97 Å². The van der Waals surface area contributed by atoms with E-state index in [2.05, 4.69) is 4.98 Å². The number of H-pyrrole nitrogens is 1. The van der Waals surface area contributed by atoms with Crippen LogP contribution in [0.25, 0.3) is 0 Å². The number of aryl methyl sites for hydroxylation is 3. The molecule has 136 valence electrons. The predicted octanol–water partition coefficient (Wildman–Crippen LogP) is 3.20. The van der Waals surface area contributed by atoms with Crippen LogP contribution in [0.15, 0.2) is 29.2 Å². The van der Waals surface area contributed by atoms with Crippen LogP contribution < -0.4 is 4.31 Å². The molecule has 1 aromatic heterocycles. The van der Waals surface area contributed by atoms with Crippen LogP contribution in [-0.4, -0.2) is 33.0 Å². The Morgan fingerprint density at radius 1 is 1.16 bits per heavy atom. The summed E-state index contributed by atoms with van der Waals surface area (Å²) < 4.78 is 32.8. The van der Waals surface area contributed by atoms with Crippen LogP contribution in [0, 0.1) is 13.8 Å². The molecule has 0 aliphatic carbocycles. The second-order valence-electron chi connectivity index (χ2n) is 5.75. The van der Waals surface area contributed by atoms with Crippen LogP contribution in [0.2, 0.25) is 0 Å². The highest BCUT2D eigenvalue weighted by Crippen LogP contribution is 2.31. The molecule has 1 N–H and O–H groups in total. The largest absolute Gasteiger partial charge is 0.462 e. The van der Waals surface area contributed by atoms with Crippen molar-refractivity contribution in [2.45, 2.75) is 39.0 Å². The molecular weight excluding hydrogens is 340 g/mol. The Morgan fingerprint density at radius 2 is 1.80 bits per heavy atom.